The van der Waals surface area contributed by atoms with Gasteiger partial charge in [0.05, 0.1) is 18.8 Å². The van der Waals surface area contributed by atoms with Crippen LogP contribution >= 0.6 is 0 Å². The molecule has 0 fully saturated rings. The molecule has 0 atom stereocenters. The molecule has 1 aromatic rings. The van der Waals surface area contributed by atoms with Crippen molar-refractivity contribution in [1.29, 1.82) is 0 Å². The van der Waals surface area contributed by atoms with Crippen molar-refractivity contribution in [3.63, 3.8) is 0 Å². The molecule has 3 nitrogen and oxygen atoms in total. The maximum absolute atomic E-state index is 11.7. The molecule has 0 aliphatic carbocycles. The Morgan fingerprint density at radius 3 is 2.71 bits per heavy atom. The Bertz CT molecular complexity index is 280. The maximum Gasteiger partial charge on any atom is 0.401 e. The minimum atomic E-state index is -4.14. The first kappa shape index (κ1) is 11.0. The number of hydrogen-bond donors (Lipinski definition) is 1. The highest BCUT2D eigenvalue weighted by Gasteiger charge is 2.25. The highest BCUT2D eigenvalue weighted by Crippen LogP contribution is 2.11. The van der Waals surface area contributed by atoms with Crippen LogP contribution in [0.4, 0.5) is 13.2 Å². The highest BCUT2D eigenvalue weighted by molar-refractivity contribution is 4.94. The average Bonchev–Trinajstić information content (AvgIpc) is 2.44. The van der Waals surface area contributed by atoms with E-state index in [9.17, 15) is 13.2 Å². The van der Waals surface area contributed by atoms with Crippen LogP contribution in [0.15, 0.2) is 12.3 Å². The van der Waals surface area contributed by atoms with Gasteiger partial charge in [-0.25, -0.2) is 0 Å². The van der Waals surface area contributed by atoms with Crippen molar-refractivity contribution < 1.29 is 13.2 Å². The third-order valence-corrected chi connectivity index (χ3v) is 1.62. The van der Waals surface area contributed by atoms with E-state index in [1.54, 1.807) is 10.9 Å². The van der Waals surface area contributed by atoms with Crippen molar-refractivity contribution in [3.05, 3.63) is 18.0 Å². The van der Waals surface area contributed by atoms with Gasteiger partial charge in [0, 0.05) is 12.7 Å². The second-order valence-corrected chi connectivity index (χ2v) is 3.01. The number of nitrogens with zero attached hydrogens (tertiary/aromatic N) is 2. The third-order valence-electron chi connectivity index (χ3n) is 1.62. The van der Waals surface area contributed by atoms with E-state index in [2.05, 4.69) is 10.4 Å². The zero-order valence-electron chi connectivity index (χ0n) is 7.80. The molecule has 0 spiro atoms. The molecule has 0 saturated heterocycles. The normalized spacial score (nSPS) is 12.0. The SMILES string of the molecule is Cc1ccn(CCNCC(F)(F)F)n1. The Morgan fingerprint density at radius 2 is 2.21 bits per heavy atom. The summed E-state index contributed by atoms with van der Waals surface area (Å²) < 4.78 is 36.7. The van der Waals surface area contributed by atoms with Crippen molar-refractivity contribution in [2.24, 2.45) is 0 Å². The topological polar surface area (TPSA) is 29.9 Å². The molecule has 14 heavy (non-hydrogen) atoms. The summed E-state index contributed by atoms with van der Waals surface area (Å²) in [6, 6.07) is 1.81. The van der Waals surface area contributed by atoms with Gasteiger partial charge < -0.3 is 5.32 Å². The van der Waals surface area contributed by atoms with Crippen LogP contribution in [0.5, 0.6) is 0 Å². The highest BCUT2D eigenvalue weighted by atomic mass is 19.4. The molecular formula is C8H12F3N3. The van der Waals surface area contributed by atoms with Crippen LogP contribution in [0.2, 0.25) is 0 Å². The monoisotopic (exact) mass is 207 g/mol. The summed E-state index contributed by atoms with van der Waals surface area (Å²) in [6.45, 7) is 1.59. The lowest BCUT2D eigenvalue weighted by Gasteiger charge is -2.07. The fourth-order valence-corrected chi connectivity index (χ4v) is 1.01. The van der Waals surface area contributed by atoms with Crippen molar-refractivity contribution in [2.75, 3.05) is 13.1 Å². The molecule has 1 rings (SSSR count). The fraction of sp³-hybridized carbons (Fsp3) is 0.625. The predicted octanol–water partition coefficient (Wildman–Crippen LogP) is 1.34. The quantitative estimate of drug-likeness (QED) is 0.755. The number of aromatic nitrogens is 2. The number of aryl methyl sites for hydroxylation is 1. The maximum atomic E-state index is 11.7. The lowest BCUT2D eigenvalue weighted by molar-refractivity contribution is -0.124. The third kappa shape index (κ3) is 4.27. The lowest BCUT2D eigenvalue weighted by atomic mass is 10.5. The molecule has 1 aromatic heterocycles. The van der Waals surface area contributed by atoms with Crippen LogP contribution in [-0.2, 0) is 6.54 Å². The number of halogens is 3. The Morgan fingerprint density at radius 1 is 1.50 bits per heavy atom. The minimum Gasteiger partial charge on any atom is -0.307 e. The van der Waals surface area contributed by atoms with Crippen LogP contribution in [0.25, 0.3) is 0 Å². The standard InChI is InChI=1S/C8H12F3N3/c1-7-2-4-14(13-7)5-3-12-6-8(9,10)11/h2,4,12H,3,5-6H2,1H3. The Kier molecular flexibility index (Phi) is 3.51. The predicted molar refractivity (Wildman–Crippen MR) is 45.9 cm³/mol. The average molecular weight is 207 g/mol. The van der Waals surface area contributed by atoms with Gasteiger partial charge in [-0.05, 0) is 13.0 Å². The van der Waals surface area contributed by atoms with E-state index in [0.717, 1.165) is 5.69 Å². The van der Waals surface area contributed by atoms with Gasteiger partial charge in [-0.2, -0.15) is 18.3 Å². The van der Waals surface area contributed by atoms with Gasteiger partial charge >= 0.3 is 6.18 Å². The molecule has 0 aliphatic rings. The zero-order valence-corrected chi connectivity index (χ0v) is 7.80. The number of nitrogens with one attached hydrogen (secondary N) is 1. The van der Waals surface area contributed by atoms with E-state index in [1.165, 1.54) is 0 Å². The molecule has 1 heterocycles. The lowest BCUT2D eigenvalue weighted by Crippen LogP contribution is -2.31. The molecule has 0 bridgehead atoms. The van der Waals surface area contributed by atoms with E-state index in [0.29, 0.717) is 6.54 Å². The van der Waals surface area contributed by atoms with Gasteiger partial charge in [0.1, 0.15) is 0 Å². The molecule has 0 amide bonds. The van der Waals surface area contributed by atoms with E-state index in [1.807, 2.05) is 13.0 Å². The van der Waals surface area contributed by atoms with Crippen molar-refractivity contribution in [2.45, 2.75) is 19.6 Å². The van der Waals surface area contributed by atoms with E-state index in [-0.39, 0.29) is 6.54 Å². The molecule has 0 aromatic carbocycles. The van der Waals surface area contributed by atoms with Crippen LogP contribution < -0.4 is 5.32 Å². The van der Waals surface area contributed by atoms with Crippen LogP contribution in [0, 0.1) is 6.92 Å². The summed E-state index contributed by atoms with van der Waals surface area (Å²) in [5, 5.41) is 6.34. The summed E-state index contributed by atoms with van der Waals surface area (Å²) in [6.07, 6.45) is -2.40. The number of hydrogen-bond acceptors (Lipinski definition) is 2. The molecular weight excluding hydrogens is 195 g/mol. The van der Waals surface area contributed by atoms with Crippen LogP contribution in [0.3, 0.4) is 0 Å². The molecule has 1 N–H and O–H groups in total. The Labute approximate surface area is 79.9 Å². The zero-order chi connectivity index (χ0) is 10.6. The van der Waals surface area contributed by atoms with Crippen LogP contribution in [-0.4, -0.2) is 29.0 Å². The van der Waals surface area contributed by atoms with Gasteiger partial charge in [0.25, 0.3) is 0 Å². The van der Waals surface area contributed by atoms with Crippen molar-refractivity contribution >= 4 is 0 Å². The minimum absolute atomic E-state index is 0.265. The summed E-state index contributed by atoms with van der Waals surface area (Å²) in [4.78, 5) is 0. The first-order valence-electron chi connectivity index (χ1n) is 4.25. The van der Waals surface area contributed by atoms with Gasteiger partial charge in [-0.15, -0.1) is 0 Å². The van der Waals surface area contributed by atoms with Gasteiger partial charge in [-0.1, -0.05) is 0 Å². The Balaban J connectivity index is 2.16. The molecule has 0 radical (unpaired) electrons. The second kappa shape index (κ2) is 4.45. The van der Waals surface area contributed by atoms with E-state index < -0.39 is 12.7 Å². The summed E-state index contributed by atoms with van der Waals surface area (Å²) in [7, 11) is 0. The van der Waals surface area contributed by atoms with Crippen LogP contribution in [0.1, 0.15) is 5.69 Å². The largest absolute Gasteiger partial charge is 0.401 e. The molecule has 0 saturated carbocycles. The summed E-state index contributed by atoms with van der Waals surface area (Å²) >= 11 is 0. The fourth-order valence-electron chi connectivity index (χ4n) is 1.01. The molecule has 0 aliphatic heterocycles. The van der Waals surface area contributed by atoms with E-state index in [4.69, 9.17) is 0 Å². The first-order chi connectivity index (χ1) is 6.47. The van der Waals surface area contributed by atoms with Gasteiger partial charge in [-0.3, -0.25) is 4.68 Å². The number of rotatable bonds is 4. The first-order valence-corrected chi connectivity index (χ1v) is 4.25. The molecule has 80 valence electrons. The van der Waals surface area contributed by atoms with Crippen molar-refractivity contribution in [1.82, 2.24) is 15.1 Å². The van der Waals surface area contributed by atoms with Gasteiger partial charge in [0.2, 0.25) is 0 Å². The summed E-state index contributed by atoms with van der Waals surface area (Å²) in [5.41, 5.74) is 0.862. The molecule has 6 heteroatoms. The van der Waals surface area contributed by atoms with Gasteiger partial charge in [0.15, 0.2) is 0 Å². The van der Waals surface area contributed by atoms with Crippen molar-refractivity contribution in [3.8, 4) is 0 Å². The van der Waals surface area contributed by atoms with E-state index >= 15 is 0 Å². The number of alkyl halides is 3. The Hall–Kier alpha value is -1.04. The second-order valence-electron chi connectivity index (χ2n) is 3.01. The molecule has 0 unspecified atom stereocenters. The smallest absolute Gasteiger partial charge is 0.307 e. The summed E-state index contributed by atoms with van der Waals surface area (Å²) in [5.74, 6) is 0.